The van der Waals surface area contributed by atoms with Gasteiger partial charge in [-0.25, -0.2) is 0 Å². The van der Waals surface area contributed by atoms with Crippen molar-refractivity contribution in [3.63, 3.8) is 0 Å². The maximum atomic E-state index is 8.10. The summed E-state index contributed by atoms with van der Waals surface area (Å²) in [6, 6.07) is 0. The highest BCUT2D eigenvalue weighted by Gasteiger charge is 1.69. The van der Waals surface area contributed by atoms with Gasteiger partial charge in [-0.2, -0.15) is 12.5 Å². The molecule has 0 bridgehead atoms. The topological polar surface area (TPSA) is 20.2 Å². The van der Waals surface area contributed by atoms with Crippen LogP contribution < -0.4 is 0 Å². The van der Waals surface area contributed by atoms with Crippen molar-refractivity contribution < 1.29 is 5.11 Å². The van der Waals surface area contributed by atoms with E-state index >= 15 is 0 Å². The number of aliphatic hydroxyl groups is 1. The average molecular weight is 94.2 g/mol. The molecule has 1 N–H and O–H groups in total. The lowest BCUT2D eigenvalue weighted by molar-refractivity contribution is 0.296. The first-order valence-corrected chi connectivity index (χ1v) is 2.18. The Morgan fingerprint density at radius 1 is 2.00 bits per heavy atom. The highest BCUT2D eigenvalue weighted by atomic mass is 32.1. The molecule has 0 saturated heterocycles. The third-order valence-electron chi connectivity index (χ3n) is 0.302. The molecule has 5 heavy (non-hydrogen) atoms. The summed E-state index contributed by atoms with van der Waals surface area (Å²) >= 11 is 1.02. The Labute approximate surface area is 38.5 Å². The molecule has 0 radical (unpaired) electrons. The summed E-state index contributed by atoms with van der Waals surface area (Å²) in [7, 11) is 0. The molecule has 0 aromatic carbocycles. The summed E-state index contributed by atoms with van der Waals surface area (Å²) in [6.07, 6.45) is 0.744. The maximum Gasteiger partial charge on any atom is 0.102 e. The minimum atomic E-state index is 0.214. The zero-order valence-electron chi connectivity index (χ0n) is 3.98. The second-order valence-corrected chi connectivity index (χ2v) is 1.19. The van der Waals surface area contributed by atoms with Crippen LogP contribution in [0.2, 0.25) is 0 Å². The molecule has 0 fully saturated rings. The largest absolute Gasteiger partial charge is 0.396 e. The molecule has 0 rings (SSSR count). The van der Waals surface area contributed by atoms with Gasteiger partial charge < -0.3 is 5.11 Å². The molecule has 0 aliphatic rings. The predicted octanol–water partition coefficient (Wildman–Crippen LogP) is 0.299. The highest BCUT2D eigenvalue weighted by molar-refractivity contribution is 7.80. The first-order valence-electron chi connectivity index (χ1n) is 2.01. The molecule has 0 heterocycles. The van der Waals surface area contributed by atoms with Crippen LogP contribution in [0.4, 0.5) is 0 Å². The average Bonchev–Trinajstić information content (AvgIpc) is 1.61. The van der Waals surface area contributed by atoms with E-state index in [4.69, 9.17) is 6.23 Å². The summed E-state index contributed by atoms with van der Waals surface area (Å²) in [4.78, 5) is 0. The van der Waals surface area contributed by atoms with Crippen molar-refractivity contribution in [1.82, 2.24) is 0 Å². The van der Waals surface area contributed by atoms with Crippen LogP contribution in [0.1, 0.15) is 6.42 Å². The minimum absolute atomic E-state index is 0.214. The summed E-state index contributed by atoms with van der Waals surface area (Å²) < 4.78 is 6.51. The molecule has 1 nitrogen and oxygen atoms in total. The highest BCUT2D eigenvalue weighted by Crippen LogP contribution is 1.76. The van der Waals surface area contributed by atoms with E-state index in [-0.39, 0.29) is 6.61 Å². The molecule has 0 spiro atoms. The van der Waals surface area contributed by atoms with Gasteiger partial charge in [0.05, 0.1) is 0 Å². The summed E-state index contributed by atoms with van der Waals surface area (Å²) in [5.74, 6) is 0.747. The summed E-state index contributed by atoms with van der Waals surface area (Å²) in [5.41, 5.74) is 0. The minimum Gasteiger partial charge on any atom is -0.396 e. The Morgan fingerprint density at radius 2 is 2.80 bits per heavy atom. The zero-order chi connectivity index (χ0) is 4.83. The smallest absolute Gasteiger partial charge is 0.102 e. The van der Waals surface area contributed by atoms with Crippen molar-refractivity contribution in [2.45, 2.75) is 6.42 Å². The molecule has 0 aliphatic heterocycles. The molecule has 0 atom stereocenters. The molecule has 0 saturated carbocycles. The maximum absolute atomic E-state index is 8.10. The van der Waals surface area contributed by atoms with Gasteiger partial charge in [-0.15, -0.1) is 0 Å². The quantitative estimate of drug-likeness (QED) is 0.380. The van der Waals surface area contributed by atoms with E-state index in [1.807, 2.05) is 0 Å². The van der Waals surface area contributed by atoms with E-state index in [2.05, 4.69) is 0 Å². The van der Waals surface area contributed by atoms with Crippen molar-refractivity contribution in [2.75, 3.05) is 12.4 Å². The van der Waals surface area contributed by atoms with Gasteiger partial charge in [0.2, 0.25) is 0 Å². The van der Waals surface area contributed by atoms with E-state index in [0.29, 0.717) is 0 Å². The standard InChI is InChI=1S/C3H8OS/c4-2-1-3-5/h4-5H,1-3H2/i/hT. The first-order chi connectivity index (χ1) is 2.91. The van der Waals surface area contributed by atoms with E-state index < -0.39 is 0 Å². The van der Waals surface area contributed by atoms with Crippen LogP contribution in [0.25, 0.3) is 0 Å². The third kappa shape index (κ3) is 4.31. The molecule has 0 amide bonds. The van der Waals surface area contributed by atoms with Crippen LogP contribution in [0.15, 0.2) is 0 Å². The molecule has 32 valence electrons. The van der Waals surface area contributed by atoms with Gasteiger partial charge in [-0.05, 0) is 12.2 Å². The molecule has 0 aromatic heterocycles. The van der Waals surface area contributed by atoms with Crippen LogP contribution in [-0.4, -0.2) is 18.6 Å². The molecule has 0 aromatic rings. The van der Waals surface area contributed by atoms with E-state index in [1.54, 1.807) is 0 Å². The molecular formula is C3H8OS. The van der Waals surface area contributed by atoms with Crippen molar-refractivity contribution in [3.05, 3.63) is 0 Å². The lowest BCUT2D eigenvalue weighted by Crippen LogP contribution is -1.79. The van der Waals surface area contributed by atoms with Crippen LogP contribution >= 0.6 is 12.5 Å². The fourth-order valence-electron chi connectivity index (χ4n) is 0.0645. The van der Waals surface area contributed by atoms with Gasteiger partial charge in [0.25, 0.3) is 0 Å². The molecule has 0 aliphatic carbocycles. The Balaban J connectivity index is 2.34. The normalized spacial score (nSPS) is 11.0. The van der Waals surface area contributed by atoms with Gasteiger partial charge in [0.15, 0.2) is 0 Å². The van der Waals surface area contributed by atoms with Gasteiger partial charge in [-0.3, -0.25) is 0 Å². The lowest BCUT2D eigenvalue weighted by atomic mass is 10.5. The van der Waals surface area contributed by atoms with Crippen LogP contribution in [0, 0.1) is 0 Å². The van der Waals surface area contributed by atoms with Crippen molar-refractivity contribution in [1.29, 1.82) is 1.12 Å². The van der Waals surface area contributed by atoms with Crippen LogP contribution in [0.3, 0.4) is 0 Å². The van der Waals surface area contributed by atoms with Crippen molar-refractivity contribution in [2.24, 2.45) is 0 Å². The molecular weight excluding hydrogens is 84.1 g/mol. The van der Waals surface area contributed by atoms with Gasteiger partial charge in [0, 0.05) is 6.61 Å². The van der Waals surface area contributed by atoms with E-state index in [9.17, 15) is 0 Å². The number of thiol groups is 1. The lowest BCUT2D eigenvalue weighted by Gasteiger charge is -1.79. The van der Waals surface area contributed by atoms with Gasteiger partial charge in [0.1, 0.15) is 1.12 Å². The first kappa shape index (κ1) is 3.50. The summed E-state index contributed by atoms with van der Waals surface area (Å²) in [6.45, 7) is 0.214. The van der Waals surface area contributed by atoms with Gasteiger partial charge in [-0.1, -0.05) is 0 Å². The number of hydrogen-bond acceptors (Lipinski definition) is 2. The van der Waals surface area contributed by atoms with E-state index in [1.165, 1.54) is 0 Å². The molecule has 2 heteroatoms. The molecule has 0 unspecified atom stereocenters. The monoisotopic (exact) mass is 94.0 g/mol. The Kier molecular flexibility index (Phi) is 3.02. The van der Waals surface area contributed by atoms with Gasteiger partial charge >= 0.3 is 0 Å². The number of aliphatic hydroxyl groups excluding tert-OH is 1. The van der Waals surface area contributed by atoms with Crippen molar-refractivity contribution >= 4 is 12.5 Å². The Hall–Kier alpha value is 0.310. The van der Waals surface area contributed by atoms with E-state index in [0.717, 1.165) is 24.7 Å². The summed E-state index contributed by atoms with van der Waals surface area (Å²) in [5, 5.41) is 8.10. The van der Waals surface area contributed by atoms with Crippen LogP contribution in [-0.2, 0) is 0 Å². The Morgan fingerprint density at radius 3 is 3.00 bits per heavy atom. The fraction of sp³-hybridized carbons (Fsp3) is 1.00. The van der Waals surface area contributed by atoms with Crippen molar-refractivity contribution in [3.8, 4) is 0 Å². The third-order valence-corrected chi connectivity index (χ3v) is 0.591. The van der Waals surface area contributed by atoms with Crippen LogP contribution in [0.5, 0.6) is 0 Å². The second-order valence-electron chi connectivity index (χ2n) is 0.781. The number of rotatable bonds is 3. The zero-order valence-corrected chi connectivity index (χ0v) is 3.79. The SMILES string of the molecule is [3H]SCCCO. The Bertz CT molecular complexity index is 22.8. The second kappa shape index (κ2) is 4.31. The predicted molar refractivity (Wildman–Crippen MR) is 25.6 cm³/mol. The fourth-order valence-corrected chi connectivity index (χ4v) is 0.194. The number of hydrogen-bond donors (Lipinski definition) is 2.